The van der Waals surface area contributed by atoms with Crippen molar-refractivity contribution in [3.05, 3.63) is 23.3 Å². The van der Waals surface area contributed by atoms with Gasteiger partial charge in [0.05, 0.1) is 14.2 Å². The van der Waals surface area contributed by atoms with Gasteiger partial charge in [-0.3, -0.25) is 0 Å². The average Bonchev–Trinajstić information content (AvgIpc) is 2.27. The van der Waals surface area contributed by atoms with Gasteiger partial charge >= 0.3 is 0 Å². The van der Waals surface area contributed by atoms with Crippen molar-refractivity contribution in [2.24, 2.45) is 11.5 Å². The first kappa shape index (κ1) is 11.8. The molecule has 15 heavy (non-hydrogen) atoms. The highest BCUT2D eigenvalue weighted by Crippen LogP contribution is 2.33. The van der Waals surface area contributed by atoms with E-state index in [1.807, 2.05) is 19.1 Å². The van der Waals surface area contributed by atoms with Gasteiger partial charge in [-0.1, -0.05) is 6.07 Å². The van der Waals surface area contributed by atoms with E-state index in [2.05, 4.69) is 0 Å². The highest BCUT2D eigenvalue weighted by Gasteiger charge is 2.15. The van der Waals surface area contributed by atoms with Crippen LogP contribution in [0.5, 0.6) is 11.5 Å². The van der Waals surface area contributed by atoms with E-state index in [0.717, 1.165) is 22.6 Å². The van der Waals surface area contributed by atoms with E-state index < -0.39 is 0 Å². The zero-order valence-corrected chi connectivity index (χ0v) is 9.41. The molecule has 0 aliphatic heterocycles. The maximum atomic E-state index is 5.89. The monoisotopic (exact) mass is 210 g/mol. The second-order valence-electron chi connectivity index (χ2n) is 3.36. The number of hydrogen-bond donors (Lipinski definition) is 2. The van der Waals surface area contributed by atoms with Crippen molar-refractivity contribution in [1.29, 1.82) is 0 Å². The normalized spacial score (nSPS) is 12.3. The first-order valence-electron chi connectivity index (χ1n) is 4.82. The second-order valence-corrected chi connectivity index (χ2v) is 3.36. The molecule has 4 N–H and O–H groups in total. The summed E-state index contributed by atoms with van der Waals surface area (Å²) in [6.07, 6.45) is 0. The predicted octanol–water partition coefficient (Wildman–Crippen LogP) is 0.971. The summed E-state index contributed by atoms with van der Waals surface area (Å²) in [6.45, 7) is 2.33. The predicted molar refractivity (Wildman–Crippen MR) is 60.3 cm³/mol. The summed E-state index contributed by atoms with van der Waals surface area (Å²) in [4.78, 5) is 0. The fourth-order valence-corrected chi connectivity index (χ4v) is 1.61. The van der Waals surface area contributed by atoms with Crippen LogP contribution in [0.2, 0.25) is 0 Å². The lowest BCUT2D eigenvalue weighted by molar-refractivity contribution is 0.383. The number of nitrogens with two attached hydrogens (primary N) is 2. The van der Waals surface area contributed by atoms with Crippen LogP contribution < -0.4 is 20.9 Å². The van der Waals surface area contributed by atoms with E-state index in [1.54, 1.807) is 14.2 Å². The number of methoxy groups -OCH3 is 2. The van der Waals surface area contributed by atoms with Crippen molar-refractivity contribution in [2.75, 3.05) is 20.8 Å². The van der Waals surface area contributed by atoms with Gasteiger partial charge in [0.25, 0.3) is 0 Å². The summed E-state index contributed by atoms with van der Waals surface area (Å²) >= 11 is 0. The van der Waals surface area contributed by atoms with E-state index in [-0.39, 0.29) is 6.04 Å². The summed E-state index contributed by atoms with van der Waals surface area (Å²) in [5, 5.41) is 0. The van der Waals surface area contributed by atoms with Crippen LogP contribution in [0.3, 0.4) is 0 Å². The standard InChI is InChI=1S/C11H18N2O2/c1-7-10(14-2)5-4-8(9(13)6-12)11(7)15-3/h4-5,9H,6,12-13H2,1-3H3/t9-/m1/s1. The van der Waals surface area contributed by atoms with Crippen LogP contribution in [0, 0.1) is 6.92 Å². The molecule has 0 bridgehead atoms. The summed E-state index contributed by atoms with van der Waals surface area (Å²) in [5.74, 6) is 1.55. The smallest absolute Gasteiger partial charge is 0.130 e. The Hall–Kier alpha value is -1.26. The minimum absolute atomic E-state index is 0.204. The molecule has 0 saturated heterocycles. The van der Waals surface area contributed by atoms with E-state index in [0.29, 0.717) is 6.54 Å². The molecule has 0 heterocycles. The molecule has 0 aliphatic rings. The van der Waals surface area contributed by atoms with Crippen LogP contribution in [0.15, 0.2) is 12.1 Å². The van der Waals surface area contributed by atoms with Gasteiger partial charge in [-0.05, 0) is 13.0 Å². The van der Waals surface area contributed by atoms with Gasteiger partial charge in [0.15, 0.2) is 0 Å². The Morgan fingerprint density at radius 1 is 1.27 bits per heavy atom. The molecule has 0 radical (unpaired) electrons. The van der Waals surface area contributed by atoms with E-state index in [9.17, 15) is 0 Å². The third-order valence-corrected chi connectivity index (χ3v) is 2.46. The molecule has 0 aromatic heterocycles. The molecule has 1 atom stereocenters. The van der Waals surface area contributed by atoms with Gasteiger partial charge < -0.3 is 20.9 Å². The Morgan fingerprint density at radius 3 is 2.40 bits per heavy atom. The van der Waals surface area contributed by atoms with Crippen molar-refractivity contribution in [1.82, 2.24) is 0 Å². The SMILES string of the molecule is COc1ccc([C@H](N)CN)c(OC)c1C. The van der Waals surface area contributed by atoms with Crippen LogP contribution in [-0.4, -0.2) is 20.8 Å². The van der Waals surface area contributed by atoms with Crippen molar-refractivity contribution >= 4 is 0 Å². The molecule has 4 heteroatoms. The molecule has 4 nitrogen and oxygen atoms in total. The topological polar surface area (TPSA) is 70.5 Å². The third kappa shape index (κ3) is 2.22. The Kier molecular flexibility index (Phi) is 3.94. The molecule has 1 aromatic carbocycles. The van der Waals surface area contributed by atoms with Crippen LogP contribution >= 0.6 is 0 Å². The molecule has 0 unspecified atom stereocenters. The lowest BCUT2D eigenvalue weighted by atomic mass is 10.0. The van der Waals surface area contributed by atoms with Crippen molar-refractivity contribution in [2.45, 2.75) is 13.0 Å². The zero-order valence-electron chi connectivity index (χ0n) is 9.41. The molecule has 84 valence electrons. The summed E-state index contributed by atoms with van der Waals surface area (Å²) in [6, 6.07) is 3.56. The third-order valence-electron chi connectivity index (χ3n) is 2.46. The Balaban J connectivity index is 3.24. The summed E-state index contributed by atoms with van der Waals surface area (Å²) < 4.78 is 10.5. The van der Waals surface area contributed by atoms with Crippen LogP contribution in [-0.2, 0) is 0 Å². The zero-order chi connectivity index (χ0) is 11.4. The Labute approximate surface area is 90.2 Å². The largest absolute Gasteiger partial charge is 0.496 e. The quantitative estimate of drug-likeness (QED) is 0.777. The van der Waals surface area contributed by atoms with Crippen molar-refractivity contribution < 1.29 is 9.47 Å². The highest BCUT2D eigenvalue weighted by atomic mass is 16.5. The van der Waals surface area contributed by atoms with Gasteiger partial charge in [0.1, 0.15) is 11.5 Å². The first-order chi connectivity index (χ1) is 7.15. The van der Waals surface area contributed by atoms with Crippen molar-refractivity contribution in [3.63, 3.8) is 0 Å². The van der Waals surface area contributed by atoms with Crippen molar-refractivity contribution in [3.8, 4) is 11.5 Å². The molecule has 1 aromatic rings. The van der Waals surface area contributed by atoms with Gasteiger partial charge in [0.2, 0.25) is 0 Å². The molecular formula is C11H18N2O2. The van der Waals surface area contributed by atoms with Gasteiger partial charge in [0, 0.05) is 23.7 Å². The molecule has 0 amide bonds. The number of ether oxygens (including phenoxy) is 2. The van der Waals surface area contributed by atoms with Crippen LogP contribution in [0.4, 0.5) is 0 Å². The minimum Gasteiger partial charge on any atom is -0.496 e. The first-order valence-corrected chi connectivity index (χ1v) is 4.82. The number of benzene rings is 1. The fraction of sp³-hybridized carbons (Fsp3) is 0.455. The number of hydrogen-bond acceptors (Lipinski definition) is 4. The minimum atomic E-state index is -0.204. The second kappa shape index (κ2) is 5.00. The molecular weight excluding hydrogens is 192 g/mol. The molecule has 0 spiro atoms. The number of rotatable bonds is 4. The maximum Gasteiger partial charge on any atom is 0.130 e. The van der Waals surface area contributed by atoms with Crippen LogP contribution in [0.25, 0.3) is 0 Å². The van der Waals surface area contributed by atoms with E-state index in [1.165, 1.54) is 0 Å². The molecule has 0 saturated carbocycles. The maximum absolute atomic E-state index is 5.89. The molecule has 0 fully saturated rings. The molecule has 0 aliphatic carbocycles. The van der Waals surface area contributed by atoms with Gasteiger partial charge in [-0.2, -0.15) is 0 Å². The van der Waals surface area contributed by atoms with Gasteiger partial charge in [-0.25, -0.2) is 0 Å². The van der Waals surface area contributed by atoms with Gasteiger partial charge in [-0.15, -0.1) is 0 Å². The fourth-order valence-electron chi connectivity index (χ4n) is 1.61. The lowest BCUT2D eigenvalue weighted by Crippen LogP contribution is -2.21. The summed E-state index contributed by atoms with van der Waals surface area (Å²) in [5.41, 5.74) is 13.3. The molecule has 1 rings (SSSR count). The summed E-state index contributed by atoms with van der Waals surface area (Å²) in [7, 11) is 3.25. The lowest BCUT2D eigenvalue weighted by Gasteiger charge is -2.17. The Morgan fingerprint density at radius 2 is 1.93 bits per heavy atom. The van der Waals surface area contributed by atoms with Crippen LogP contribution in [0.1, 0.15) is 17.2 Å². The highest BCUT2D eigenvalue weighted by molar-refractivity contribution is 5.50. The van der Waals surface area contributed by atoms with E-state index in [4.69, 9.17) is 20.9 Å². The average molecular weight is 210 g/mol. The Bertz CT molecular complexity index is 340. The van der Waals surface area contributed by atoms with E-state index >= 15 is 0 Å².